The lowest BCUT2D eigenvalue weighted by Gasteiger charge is -2.48. The Kier molecular flexibility index (Phi) is 5.13. The third-order valence-corrected chi connectivity index (χ3v) is 5.95. The SMILES string of the molecule is Cn1cnc(C(=O)N2CCC3(CCOCC3NC(=O)c3ccccc3)CC2)n1. The van der Waals surface area contributed by atoms with Crippen molar-refractivity contribution >= 4 is 11.8 Å². The molecule has 0 radical (unpaired) electrons. The first-order chi connectivity index (χ1) is 13.6. The third kappa shape index (κ3) is 3.64. The van der Waals surface area contributed by atoms with E-state index in [1.807, 2.05) is 35.2 Å². The molecule has 1 aromatic heterocycles. The molecule has 2 aliphatic rings. The predicted molar refractivity (Wildman–Crippen MR) is 102 cm³/mol. The fourth-order valence-electron chi connectivity index (χ4n) is 4.19. The number of nitrogens with zero attached hydrogens (tertiary/aromatic N) is 4. The van der Waals surface area contributed by atoms with Gasteiger partial charge in [0.25, 0.3) is 11.8 Å². The van der Waals surface area contributed by atoms with Crippen molar-refractivity contribution in [3.05, 3.63) is 48.0 Å². The molecule has 4 rings (SSSR count). The van der Waals surface area contributed by atoms with Gasteiger partial charge in [-0.1, -0.05) is 18.2 Å². The molecule has 148 valence electrons. The summed E-state index contributed by atoms with van der Waals surface area (Å²) >= 11 is 0. The van der Waals surface area contributed by atoms with Crippen LogP contribution in [0.25, 0.3) is 0 Å². The summed E-state index contributed by atoms with van der Waals surface area (Å²) in [4.78, 5) is 31.1. The highest BCUT2D eigenvalue weighted by Gasteiger charge is 2.45. The quantitative estimate of drug-likeness (QED) is 0.862. The van der Waals surface area contributed by atoms with E-state index in [4.69, 9.17) is 4.74 Å². The summed E-state index contributed by atoms with van der Waals surface area (Å²) in [5.41, 5.74) is 0.605. The number of hydrogen-bond acceptors (Lipinski definition) is 5. The Labute approximate surface area is 163 Å². The molecule has 28 heavy (non-hydrogen) atoms. The van der Waals surface area contributed by atoms with E-state index in [1.54, 1.807) is 7.05 Å². The van der Waals surface area contributed by atoms with E-state index in [9.17, 15) is 9.59 Å². The molecule has 2 saturated heterocycles. The van der Waals surface area contributed by atoms with Crippen LogP contribution in [0.4, 0.5) is 0 Å². The van der Waals surface area contributed by atoms with Crippen molar-refractivity contribution in [2.24, 2.45) is 12.5 Å². The number of likely N-dealkylation sites (tertiary alicyclic amines) is 1. The zero-order valence-corrected chi connectivity index (χ0v) is 16.0. The van der Waals surface area contributed by atoms with E-state index in [0.29, 0.717) is 31.9 Å². The van der Waals surface area contributed by atoms with Gasteiger partial charge in [0.2, 0.25) is 5.82 Å². The summed E-state index contributed by atoms with van der Waals surface area (Å²) in [6.45, 7) is 2.46. The third-order valence-electron chi connectivity index (χ3n) is 5.95. The van der Waals surface area contributed by atoms with Gasteiger partial charge in [-0.05, 0) is 36.8 Å². The van der Waals surface area contributed by atoms with Gasteiger partial charge in [-0.3, -0.25) is 14.3 Å². The van der Waals surface area contributed by atoms with Crippen molar-refractivity contribution in [3.8, 4) is 0 Å². The van der Waals surface area contributed by atoms with Crippen LogP contribution in [0.3, 0.4) is 0 Å². The number of ether oxygens (including phenoxy) is 1. The Hall–Kier alpha value is -2.74. The molecular weight excluding hydrogens is 358 g/mol. The first kappa shape index (κ1) is 18.6. The molecule has 8 nitrogen and oxygen atoms in total. The molecular formula is C20H25N5O3. The molecule has 2 aromatic rings. The van der Waals surface area contributed by atoms with E-state index in [2.05, 4.69) is 15.4 Å². The minimum absolute atomic E-state index is 0.0446. The molecule has 1 N–H and O–H groups in total. The van der Waals surface area contributed by atoms with Gasteiger partial charge in [-0.15, -0.1) is 5.10 Å². The van der Waals surface area contributed by atoms with E-state index >= 15 is 0 Å². The summed E-state index contributed by atoms with van der Waals surface area (Å²) in [6.07, 6.45) is 4.08. The Morgan fingerprint density at radius 1 is 1.18 bits per heavy atom. The lowest BCUT2D eigenvalue weighted by atomic mass is 9.69. The minimum atomic E-state index is -0.132. The van der Waals surface area contributed by atoms with Gasteiger partial charge in [-0.25, -0.2) is 4.98 Å². The molecule has 8 heteroatoms. The largest absolute Gasteiger partial charge is 0.379 e. The number of benzene rings is 1. The Morgan fingerprint density at radius 3 is 2.61 bits per heavy atom. The normalized spacial score (nSPS) is 21.5. The van der Waals surface area contributed by atoms with Crippen LogP contribution in [0.2, 0.25) is 0 Å². The van der Waals surface area contributed by atoms with Gasteiger partial charge in [0.1, 0.15) is 6.33 Å². The van der Waals surface area contributed by atoms with E-state index in [0.717, 1.165) is 19.3 Å². The summed E-state index contributed by atoms with van der Waals surface area (Å²) in [5.74, 6) is 0.0263. The monoisotopic (exact) mass is 383 g/mol. The summed E-state index contributed by atoms with van der Waals surface area (Å²) in [7, 11) is 1.75. The highest BCUT2D eigenvalue weighted by atomic mass is 16.5. The number of carbonyl (C=O) groups is 2. The average molecular weight is 383 g/mol. The Balaban J connectivity index is 1.43. The van der Waals surface area contributed by atoms with Crippen LogP contribution >= 0.6 is 0 Å². The van der Waals surface area contributed by atoms with Crippen LogP contribution in [0.1, 0.15) is 40.2 Å². The van der Waals surface area contributed by atoms with Crippen molar-refractivity contribution in [1.29, 1.82) is 0 Å². The summed E-state index contributed by atoms with van der Waals surface area (Å²) < 4.78 is 7.21. The number of carbonyl (C=O) groups excluding carboxylic acids is 2. The molecule has 0 aliphatic carbocycles. The van der Waals surface area contributed by atoms with Crippen LogP contribution in [-0.4, -0.2) is 63.8 Å². The highest BCUT2D eigenvalue weighted by molar-refractivity contribution is 5.94. The predicted octanol–water partition coefficient (Wildman–Crippen LogP) is 1.26. The number of amides is 2. The molecule has 2 amide bonds. The van der Waals surface area contributed by atoms with E-state index < -0.39 is 0 Å². The van der Waals surface area contributed by atoms with E-state index in [1.165, 1.54) is 11.0 Å². The molecule has 1 unspecified atom stereocenters. The van der Waals surface area contributed by atoms with Crippen molar-refractivity contribution in [2.45, 2.75) is 25.3 Å². The van der Waals surface area contributed by atoms with Crippen molar-refractivity contribution in [1.82, 2.24) is 25.0 Å². The lowest BCUT2D eigenvalue weighted by molar-refractivity contribution is -0.0447. The topological polar surface area (TPSA) is 89.4 Å². The van der Waals surface area contributed by atoms with Gasteiger partial charge < -0.3 is 15.0 Å². The second-order valence-corrected chi connectivity index (χ2v) is 7.61. The number of piperidine rings is 1. The Bertz CT molecular complexity index is 843. The first-order valence-corrected chi connectivity index (χ1v) is 9.66. The second kappa shape index (κ2) is 7.71. The van der Waals surface area contributed by atoms with Crippen LogP contribution in [0.15, 0.2) is 36.7 Å². The lowest BCUT2D eigenvalue weighted by Crippen LogP contribution is -2.58. The molecule has 1 spiro atoms. The van der Waals surface area contributed by atoms with Gasteiger partial charge in [0, 0.05) is 32.3 Å². The maximum atomic E-state index is 12.6. The minimum Gasteiger partial charge on any atom is -0.379 e. The van der Waals surface area contributed by atoms with Crippen LogP contribution in [0.5, 0.6) is 0 Å². The molecule has 1 atom stereocenters. The number of hydrogen-bond donors (Lipinski definition) is 1. The molecule has 0 bridgehead atoms. The van der Waals surface area contributed by atoms with Gasteiger partial charge in [0.05, 0.1) is 12.6 Å². The van der Waals surface area contributed by atoms with Crippen LogP contribution in [-0.2, 0) is 11.8 Å². The average Bonchev–Trinajstić information content (AvgIpc) is 3.17. The van der Waals surface area contributed by atoms with E-state index in [-0.39, 0.29) is 29.1 Å². The number of aromatic nitrogens is 3. The zero-order valence-electron chi connectivity index (χ0n) is 16.0. The maximum absolute atomic E-state index is 12.6. The number of nitrogens with one attached hydrogen (secondary N) is 1. The standard InChI is InChI=1S/C20H25N5O3/c1-24-14-21-17(23-24)19(27)25-10-7-20(8-11-25)9-12-28-13-16(20)22-18(26)15-5-3-2-4-6-15/h2-6,14,16H,7-13H2,1H3,(H,22,26). The van der Waals surface area contributed by atoms with Crippen LogP contribution in [0, 0.1) is 5.41 Å². The van der Waals surface area contributed by atoms with Crippen molar-refractivity contribution < 1.29 is 14.3 Å². The van der Waals surface area contributed by atoms with Gasteiger partial charge in [0.15, 0.2) is 0 Å². The Morgan fingerprint density at radius 2 is 1.93 bits per heavy atom. The van der Waals surface area contributed by atoms with Crippen molar-refractivity contribution in [2.75, 3.05) is 26.3 Å². The number of aryl methyl sites for hydroxylation is 1. The number of rotatable bonds is 3. The fourth-order valence-corrected chi connectivity index (χ4v) is 4.19. The molecule has 0 saturated carbocycles. The molecule has 2 aliphatic heterocycles. The highest BCUT2D eigenvalue weighted by Crippen LogP contribution is 2.41. The zero-order chi connectivity index (χ0) is 19.6. The smallest absolute Gasteiger partial charge is 0.293 e. The summed E-state index contributed by atoms with van der Waals surface area (Å²) in [5, 5.41) is 7.29. The molecule has 3 heterocycles. The maximum Gasteiger partial charge on any atom is 0.293 e. The second-order valence-electron chi connectivity index (χ2n) is 7.61. The van der Waals surface area contributed by atoms with Gasteiger partial charge in [-0.2, -0.15) is 0 Å². The molecule has 1 aromatic carbocycles. The first-order valence-electron chi connectivity index (χ1n) is 9.66. The fraction of sp³-hybridized carbons (Fsp3) is 0.500. The van der Waals surface area contributed by atoms with Crippen molar-refractivity contribution in [3.63, 3.8) is 0 Å². The summed E-state index contributed by atoms with van der Waals surface area (Å²) in [6, 6.07) is 9.18. The van der Waals surface area contributed by atoms with Gasteiger partial charge >= 0.3 is 0 Å². The van der Waals surface area contributed by atoms with Crippen LogP contribution < -0.4 is 5.32 Å². The molecule has 2 fully saturated rings.